The maximum Gasteiger partial charge on any atom is 0.278 e. The number of rotatable bonds is 5. The largest absolute Gasteiger partial charge is 0.497 e. The summed E-state index contributed by atoms with van der Waals surface area (Å²) in [7, 11) is 1.64. The molecule has 5 rings (SSSR count). The van der Waals surface area contributed by atoms with Crippen molar-refractivity contribution in [1.29, 1.82) is 0 Å². The molecule has 31 heavy (non-hydrogen) atoms. The van der Waals surface area contributed by atoms with Gasteiger partial charge in [-0.2, -0.15) is 0 Å². The summed E-state index contributed by atoms with van der Waals surface area (Å²) in [5.41, 5.74) is 4.41. The fraction of sp³-hybridized carbons (Fsp3) is 0.120. The molecule has 2 aromatic heterocycles. The van der Waals surface area contributed by atoms with Gasteiger partial charge < -0.3 is 9.30 Å². The van der Waals surface area contributed by atoms with Gasteiger partial charge in [-0.25, -0.2) is 4.98 Å². The Morgan fingerprint density at radius 1 is 0.935 bits per heavy atom. The van der Waals surface area contributed by atoms with Crippen molar-refractivity contribution in [1.82, 2.24) is 14.1 Å². The summed E-state index contributed by atoms with van der Waals surface area (Å²) in [4.78, 5) is 18.3. The van der Waals surface area contributed by atoms with Gasteiger partial charge in [0.25, 0.3) is 5.56 Å². The molecule has 5 aromatic rings. The van der Waals surface area contributed by atoms with Crippen LogP contribution in [0.1, 0.15) is 11.1 Å². The van der Waals surface area contributed by atoms with Crippen molar-refractivity contribution < 1.29 is 4.74 Å². The molecule has 0 N–H and O–H groups in total. The number of para-hydroxylation sites is 1. The molecule has 0 bridgehead atoms. The summed E-state index contributed by atoms with van der Waals surface area (Å²) < 4.78 is 10.1. The van der Waals surface area contributed by atoms with Crippen LogP contribution in [0.15, 0.2) is 88.4 Å². The molecule has 0 saturated carbocycles. The van der Waals surface area contributed by atoms with E-state index < -0.39 is 0 Å². The van der Waals surface area contributed by atoms with E-state index in [1.165, 1.54) is 0 Å². The number of halogens is 1. The average molecular weight is 474 g/mol. The zero-order valence-electron chi connectivity index (χ0n) is 17.0. The summed E-state index contributed by atoms with van der Waals surface area (Å²) >= 11 is 3.49. The smallest absolute Gasteiger partial charge is 0.278 e. The lowest BCUT2D eigenvalue weighted by Gasteiger charge is -2.10. The van der Waals surface area contributed by atoms with E-state index in [1.807, 2.05) is 60.7 Å². The second-order valence-corrected chi connectivity index (χ2v) is 8.37. The molecule has 0 aliphatic heterocycles. The first kappa shape index (κ1) is 19.6. The molecule has 0 atom stereocenters. The highest BCUT2D eigenvalue weighted by Crippen LogP contribution is 2.26. The Hall–Kier alpha value is -3.38. The van der Waals surface area contributed by atoms with Crippen LogP contribution in [0.5, 0.6) is 5.75 Å². The molecular formula is C25H20BrN3O2. The molecular weight excluding hydrogens is 454 g/mol. The van der Waals surface area contributed by atoms with E-state index >= 15 is 0 Å². The van der Waals surface area contributed by atoms with Gasteiger partial charge in [0.05, 0.1) is 25.5 Å². The van der Waals surface area contributed by atoms with Crippen LogP contribution < -0.4 is 10.3 Å². The van der Waals surface area contributed by atoms with Gasteiger partial charge in [-0.1, -0.05) is 58.4 Å². The topological polar surface area (TPSA) is 49.0 Å². The van der Waals surface area contributed by atoms with Gasteiger partial charge in [0.15, 0.2) is 0 Å². The zero-order valence-corrected chi connectivity index (χ0v) is 18.5. The molecule has 5 nitrogen and oxygen atoms in total. The Kier molecular flexibility index (Phi) is 5.08. The van der Waals surface area contributed by atoms with Crippen LogP contribution in [0, 0.1) is 0 Å². The molecule has 0 amide bonds. The van der Waals surface area contributed by atoms with Gasteiger partial charge in [-0.15, -0.1) is 0 Å². The quantitative estimate of drug-likeness (QED) is 0.351. The van der Waals surface area contributed by atoms with E-state index in [0.29, 0.717) is 18.6 Å². The Balaban J connectivity index is 1.67. The lowest BCUT2D eigenvalue weighted by atomic mass is 10.2. The zero-order chi connectivity index (χ0) is 21.4. The Morgan fingerprint density at radius 3 is 2.55 bits per heavy atom. The molecule has 0 unspecified atom stereocenters. The van der Waals surface area contributed by atoms with Crippen LogP contribution in [0.25, 0.3) is 21.9 Å². The van der Waals surface area contributed by atoms with Crippen molar-refractivity contribution in [3.63, 3.8) is 0 Å². The molecule has 0 fully saturated rings. The molecule has 0 saturated heterocycles. The molecule has 0 radical (unpaired) electrons. The summed E-state index contributed by atoms with van der Waals surface area (Å²) in [6.07, 6.45) is 1.64. The molecule has 0 aliphatic rings. The van der Waals surface area contributed by atoms with Gasteiger partial charge in [0.2, 0.25) is 0 Å². The summed E-state index contributed by atoms with van der Waals surface area (Å²) in [6.45, 7) is 1.02. The average Bonchev–Trinajstić information content (AvgIpc) is 3.11. The molecule has 3 aromatic carbocycles. The minimum atomic E-state index is -0.0545. The van der Waals surface area contributed by atoms with Crippen LogP contribution in [0.2, 0.25) is 0 Å². The number of fused-ring (bicyclic) bond motifs is 3. The van der Waals surface area contributed by atoms with Crippen molar-refractivity contribution in [2.45, 2.75) is 13.1 Å². The number of aromatic nitrogens is 3. The number of methoxy groups -OCH3 is 1. The first-order valence-electron chi connectivity index (χ1n) is 9.98. The predicted molar refractivity (Wildman–Crippen MR) is 127 cm³/mol. The van der Waals surface area contributed by atoms with Crippen molar-refractivity contribution in [2.24, 2.45) is 0 Å². The lowest BCUT2D eigenvalue weighted by molar-refractivity contribution is 0.414. The van der Waals surface area contributed by atoms with E-state index in [2.05, 4.69) is 37.6 Å². The summed E-state index contributed by atoms with van der Waals surface area (Å²) in [6, 6.07) is 23.9. The number of ether oxygens (including phenoxy) is 1. The highest BCUT2D eigenvalue weighted by atomic mass is 79.9. The Morgan fingerprint density at radius 2 is 1.74 bits per heavy atom. The fourth-order valence-electron chi connectivity index (χ4n) is 3.97. The van der Waals surface area contributed by atoms with E-state index in [-0.39, 0.29) is 5.56 Å². The third-order valence-corrected chi connectivity index (χ3v) is 6.00. The van der Waals surface area contributed by atoms with Gasteiger partial charge in [0, 0.05) is 16.4 Å². The predicted octanol–water partition coefficient (Wildman–Crippen LogP) is 5.22. The first-order chi connectivity index (χ1) is 15.1. The molecule has 0 spiro atoms. The van der Waals surface area contributed by atoms with Crippen LogP contribution >= 0.6 is 15.9 Å². The number of hydrogen-bond acceptors (Lipinski definition) is 3. The highest BCUT2D eigenvalue weighted by Gasteiger charge is 2.16. The molecule has 2 heterocycles. The maximum absolute atomic E-state index is 13.6. The second kappa shape index (κ2) is 8.04. The SMILES string of the molecule is COc1cccc(Cn2cnc3c4ccccc4n(Cc4ccc(Br)cc4)c3c2=O)c1. The normalized spacial score (nSPS) is 11.3. The van der Waals surface area contributed by atoms with Gasteiger partial charge >= 0.3 is 0 Å². The fourth-order valence-corrected chi connectivity index (χ4v) is 4.23. The van der Waals surface area contributed by atoms with Gasteiger partial charge in [0.1, 0.15) is 16.8 Å². The number of benzene rings is 3. The van der Waals surface area contributed by atoms with Gasteiger partial charge in [-0.05, 0) is 41.5 Å². The number of hydrogen-bond donors (Lipinski definition) is 0. The minimum Gasteiger partial charge on any atom is -0.497 e. The first-order valence-corrected chi connectivity index (χ1v) is 10.8. The third-order valence-electron chi connectivity index (χ3n) is 5.47. The van der Waals surface area contributed by atoms with Crippen molar-refractivity contribution in [3.8, 4) is 5.75 Å². The van der Waals surface area contributed by atoms with Crippen molar-refractivity contribution >= 4 is 37.9 Å². The highest BCUT2D eigenvalue weighted by molar-refractivity contribution is 9.10. The Bertz CT molecular complexity index is 1450. The summed E-state index contributed by atoms with van der Waals surface area (Å²) in [5.74, 6) is 0.768. The lowest BCUT2D eigenvalue weighted by Crippen LogP contribution is -2.23. The van der Waals surface area contributed by atoms with Crippen LogP contribution in [0.4, 0.5) is 0 Å². The standard InChI is InChI=1S/C25H20BrN3O2/c1-31-20-6-4-5-18(13-20)14-28-16-27-23-21-7-2-3-8-22(21)29(24(23)25(28)30)15-17-9-11-19(26)12-10-17/h2-13,16H,14-15H2,1H3. The molecule has 0 aliphatic carbocycles. The van der Waals surface area contributed by atoms with Crippen molar-refractivity contribution in [2.75, 3.05) is 7.11 Å². The molecule has 154 valence electrons. The van der Waals surface area contributed by atoms with Crippen LogP contribution in [-0.2, 0) is 13.1 Å². The van der Waals surface area contributed by atoms with E-state index in [1.54, 1.807) is 18.0 Å². The van der Waals surface area contributed by atoms with E-state index in [4.69, 9.17) is 4.74 Å². The minimum absolute atomic E-state index is 0.0545. The Labute approximate surface area is 187 Å². The maximum atomic E-state index is 13.6. The monoisotopic (exact) mass is 473 g/mol. The molecule has 6 heteroatoms. The second-order valence-electron chi connectivity index (χ2n) is 7.46. The van der Waals surface area contributed by atoms with E-state index in [9.17, 15) is 4.79 Å². The van der Waals surface area contributed by atoms with Crippen LogP contribution in [-0.4, -0.2) is 21.2 Å². The third kappa shape index (κ3) is 3.64. The summed E-state index contributed by atoms with van der Waals surface area (Å²) in [5, 5.41) is 0.986. The van der Waals surface area contributed by atoms with Gasteiger partial charge in [-0.3, -0.25) is 9.36 Å². The van der Waals surface area contributed by atoms with Crippen molar-refractivity contribution in [3.05, 3.63) is 105 Å². The van der Waals surface area contributed by atoms with E-state index in [0.717, 1.165) is 37.8 Å². The number of nitrogens with zero attached hydrogens (tertiary/aromatic N) is 3. The van der Waals surface area contributed by atoms with Crippen LogP contribution in [0.3, 0.4) is 0 Å².